The summed E-state index contributed by atoms with van der Waals surface area (Å²) in [7, 11) is 0. The SMILES string of the molecule is CCCc1ccccc1NC(=O)N1C[C@@H](O)C[C@H]1C(=O)O. The molecular formula is C15H20N2O4. The molecule has 1 fully saturated rings. The molecule has 6 heteroatoms. The van der Waals surface area contributed by atoms with Crippen molar-refractivity contribution in [3.63, 3.8) is 0 Å². The van der Waals surface area contributed by atoms with Gasteiger partial charge in [0.25, 0.3) is 0 Å². The third-order valence-electron chi connectivity index (χ3n) is 3.60. The lowest BCUT2D eigenvalue weighted by Crippen LogP contribution is -2.43. The van der Waals surface area contributed by atoms with E-state index >= 15 is 0 Å². The van der Waals surface area contributed by atoms with Gasteiger partial charge in [-0.15, -0.1) is 0 Å². The lowest BCUT2D eigenvalue weighted by Gasteiger charge is -2.22. The highest BCUT2D eigenvalue weighted by Gasteiger charge is 2.39. The first-order valence-corrected chi connectivity index (χ1v) is 7.09. The highest BCUT2D eigenvalue weighted by molar-refractivity contribution is 5.93. The minimum Gasteiger partial charge on any atom is -0.480 e. The molecule has 1 saturated heterocycles. The van der Waals surface area contributed by atoms with Crippen molar-refractivity contribution >= 4 is 17.7 Å². The van der Waals surface area contributed by atoms with E-state index in [0.29, 0.717) is 5.69 Å². The van der Waals surface area contributed by atoms with Gasteiger partial charge in [0.05, 0.1) is 6.10 Å². The summed E-state index contributed by atoms with van der Waals surface area (Å²) in [6.07, 6.45) is 1.07. The van der Waals surface area contributed by atoms with Crippen LogP contribution in [0.25, 0.3) is 0 Å². The van der Waals surface area contributed by atoms with Crippen LogP contribution in [0.15, 0.2) is 24.3 Å². The molecule has 0 unspecified atom stereocenters. The van der Waals surface area contributed by atoms with Crippen molar-refractivity contribution in [2.24, 2.45) is 0 Å². The Bertz CT molecular complexity index is 532. The molecule has 0 aromatic heterocycles. The number of nitrogens with one attached hydrogen (secondary N) is 1. The fraction of sp³-hybridized carbons (Fsp3) is 0.467. The first-order chi connectivity index (χ1) is 10.0. The number of β-amino-alcohol motifs (C(OH)–C–C–N with tert-alkyl or cyclic N) is 1. The number of carboxylic acids is 1. The van der Waals surface area contributed by atoms with E-state index in [-0.39, 0.29) is 13.0 Å². The van der Waals surface area contributed by atoms with Crippen LogP contribution < -0.4 is 5.32 Å². The molecule has 1 aromatic rings. The molecule has 3 N–H and O–H groups in total. The van der Waals surface area contributed by atoms with E-state index in [9.17, 15) is 14.7 Å². The van der Waals surface area contributed by atoms with Gasteiger partial charge < -0.3 is 20.4 Å². The maximum Gasteiger partial charge on any atom is 0.326 e. The van der Waals surface area contributed by atoms with Crippen LogP contribution in [0.4, 0.5) is 10.5 Å². The minimum atomic E-state index is -1.09. The summed E-state index contributed by atoms with van der Waals surface area (Å²) >= 11 is 0. The van der Waals surface area contributed by atoms with Crippen molar-refractivity contribution in [1.82, 2.24) is 4.90 Å². The van der Waals surface area contributed by atoms with Crippen LogP contribution in [0.1, 0.15) is 25.3 Å². The third kappa shape index (κ3) is 3.52. The highest BCUT2D eigenvalue weighted by atomic mass is 16.4. The van der Waals surface area contributed by atoms with Gasteiger partial charge in [0.2, 0.25) is 0 Å². The van der Waals surface area contributed by atoms with E-state index in [1.54, 1.807) is 6.07 Å². The van der Waals surface area contributed by atoms with Crippen LogP contribution in [-0.2, 0) is 11.2 Å². The molecule has 1 aromatic carbocycles. The van der Waals surface area contributed by atoms with Crippen LogP contribution in [0.2, 0.25) is 0 Å². The van der Waals surface area contributed by atoms with Crippen LogP contribution in [0.5, 0.6) is 0 Å². The number of anilines is 1. The van der Waals surface area contributed by atoms with Crippen LogP contribution in [0, 0.1) is 0 Å². The van der Waals surface area contributed by atoms with E-state index in [1.807, 2.05) is 18.2 Å². The third-order valence-corrected chi connectivity index (χ3v) is 3.60. The van der Waals surface area contributed by atoms with E-state index in [0.717, 1.165) is 18.4 Å². The van der Waals surface area contributed by atoms with E-state index in [1.165, 1.54) is 4.90 Å². The summed E-state index contributed by atoms with van der Waals surface area (Å²) in [5, 5.41) is 21.5. The van der Waals surface area contributed by atoms with Gasteiger partial charge in [-0.1, -0.05) is 31.5 Å². The fourth-order valence-corrected chi connectivity index (χ4v) is 2.59. The van der Waals surface area contributed by atoms with Crippen molar-refractivity contribution in [1.29, 1.82) is 0 Å². The zero-order chi connectivity index (χ0) is 15.4. The molecule has 0 bridgehead atoms. The Hall–Kier alpha value is -2.08. The summed E-state index contributed by atoms with van der Waals surface area (Å²) < 4.78 is 0. The lowest BCUT2D eigenvalue weighted by atomic mass is 10.1. The molecule has 1 heterocycles. The predicted octanol–water partition coefficient (Wildman–Crippen LogP) is 1.69. The summed E-state index contributed by atoms with van der Waals surface area (Å²) in [6, 6.07) is 6.00. The first-order valence-electron chi connectivity index (χ1n) is 7.09. The Balaban J connectivity index is 2.12. The van der Waals surface area contributed by atoms with Crippen LogP contribution in [-0.4, -0.2) is 45.8 Å². The standard InChI is InChI=1S/C15H20N2O4/c1-2-5-10-6-3-4-7-12(10)16-15(21)17-9-11(18)8-13(17)14(19)20/h3-4,6-7,11,13,18H,2,5,8-9H2,1H3,(H,16,21)(H,19,20)/t11-,13-/m0/s1. The van der Waals surface area contributed by atoms with Crippen LogP contribution >= 0.6 is 0 Å². The van der Waals surface area contributed by atoms with Gasteiger partial charge in [-0.25, -0.2) is 9.59 Å². The van der Waals surface area contributed by atoms with Crippen molar-refractivity contribution in [3.8, 4) is 0 Å². The van der Waals surface area contributed by atoms with Gasteiger partial charge >= 0.3 is 12.0 Å². The quantitative estimate of drug-likeness (QED) is 0.787. The highest BCUT2D eigenvalue weighted by Crippen LogP contribution is 2.22. The van der Waals surface area contributed by atoms with E-state index in [2.05, 4.69) is 12.2 Å². The molecule has 0 saturated carbocycles. The smallest absolute Gasteiger partial charge is 0.326 e. The van der Waals surface area contributed by atoms with Gasteiger partial charge in [-0.2, -0.15) is 0 Å². The summed E-state index contributed by atoms with van der Waals surface area (Å²) in [5.74, 6) is -1.09. The molecule has 2 amide bonds. The molecule has 0 aliphatic carbocycles. The summed E-state index contributed by atoms with van der Waals surface area (Å²) in [4.78, 5) is 24.6. The number of para-hydroxylation sites is 1. The number of carbonyl (C=O) groups excluding carboxylic acids is 1. The predicted molar refractivity (Wildman–Crippen MR) is 78.2 cm³/mol. The number of aliphatic hydroxyl groups excluding tert-OH is 1. The Morgan fingerprint density at radius 3 is 2.76 bits per heavy atom. The second-order valence-corrected chi connectivity index (χ2v) is 5.23. The maximum absolute atomic E-state index is 12.3. The van der Waals surface area contributed by atoms with Gasteiger partial charge in [0, 0.05) is 18.7 Å². The Kier molecular flexibility index (Phi) is 4.80. The number of hydrogen-bond acceptors (Lipinski definition) is 3. The van der Waals surface area contributed by atoms with Crippen molar-refractivity contribution < 1.29 is 19.8 Å². The second kappa shape index (κ2) is 6.58. The number of rotatable bonds is 4. The molecule has 0 radical (unpaired) electrons. The molecular weight excluding hydrogens is 272 g/mol. The van der Waals surface area contributed by atoms with Gasteiger partial charge in [-0.3, -0.25) is 0 Å². The topological polar surface area (TPSA) is 89.9 Å². The van der Waals surface area contributed by atoms with Crippen molar-refractivity contribution in [2.75, 3.05) is 11.9 Å². The number of carbonyl (C=O) groups is 2. The summed E-state index contributed by atoms with van der Waals surface area (Å²) in [6.45, 7) is 2.09. The molecule has 2 rings (SSSR count). The Morgan fingerprint density at radius 1 is 1.38 bits per heavy atom. The van der Waals surface area contributed by atoms with E-state index < -0.39 is 24.1 Å². The molecule has 0 spiro atoms. The van der Waals surface area contributed by atoms with Gasteiger partial charge in [0.1, 0.15) is 6.04 Å². The number of aliphatic carboxylic acids is 1. The minimum absolute atomic E-state index is 0.0404. The average molecular weight is 292 g/mol. The lowest BCUT2D eigenvalue weighted by molar-refractivity contribution is -0.141. The maximum atomic E-state index is 12.3. The number of benzene rings is 1. The average Bonchev–Trinajstić information content (AvgIpc) is 2.84. The normalized spacial score (nSPS) is 21.3. The Morgan fingerprint density at radius 2 is 2.10 bits per heavy atom. The number of nitrogens with zero attached hydrogens (tertiary/aromatic N) is 1. The van der Waals surface area contributed by atoms with Crippen molar-refractivity contribution in [3.05, 3.63) is 29.8 Å². The molecule has 2 atom stereocenters. The molecule has 114 valence electrons. The fourth-order valence-electron chi connectivity index (χ4n) is 2.59. The van der Waals surface area contributed by atoms with Crippen LogP contribution in [0.3, 0.4) is 0 Å². The van der Waals surface area contributed by atoms with Crippen molar-refractivity contribution in [2.45, 2.75) is 38.3 Å². The zero-order valence-corrected chi connectivity index (χ0v) is 12.0. The number of urea groups is 1. The number of aryl methyl sites for hydroxylation is 1. The Labute approximate surface area is 123 Å². The summed E-state index contributed by atoms with van der Waals surface area (Å²) in [5.41, 5.74) is 1.70. The zero-order valence-electron chi connectivity index (χ0n) is 12.0. The number of aliphatic hydroxyl groups is 1. The first kappa shape index (κ1) is 15.3. The number of amides is 2. The molecule has 6 nitrogen and oxygen atoms in total. The molecule has 21 heavy (non-hydrogen) atoms. The molecule has 1 aliphatic heterocycles. The second-order valence-electron chi connectivity index (χ2n) is 5.23. The molecule has 1 aliphatic rings. The number of carboxylic acid groups (broad SMARTS) is 1. The van der Waals surface area contributed by atoms with Gasteiger partial charge in [-0.05, 0) is 18.1 Å². The largest absolute Gasteiger partial charge is 0.480 e. The number of hydrogen-bond donors (Lipinski definition) is 3. The number of likely N-dealkylation sites (tertiary alicyclic amines) is 1. The monoisotopic (exact) mass is 292 g/mol. The van der Waals surface area contributed by atoms with Gasteiger partial charge in [0.15, 0.2) is 0 Å². The van der Waals surface area contributed by atoms with E-state index in [4.69, 9.17) is 5.11 Å².